The van der Waals surface area contributed by atoms with E-state index in [4.69, 9.17) is 9.52 Å². The molecule has 1 rings (SSSR count). The summed E-state index contributed by atoms with van der Waals surface area (Å²) in [5, 5.41) is 12.0. The molecule has 3 nitrogen and oxygen atoms in total. The second kappa shape index (κ2) is 4.28. The van der Waals surface area contributed by atoms with Gasteiger partial charge in [-0.1, -0.05) is 0 Å². The topological polar surface area (TPSA) is 45.4 Å². The van der Waals surface area contributed by atoms with Gasteiger partial charge in [0, 0.05) is 6.54 Å². The number of aliphatic hydroxyl groups is 1. The molecule has 0 aromatic carbocycles. The standard InChI is InChI=1S/C9H15NO2/c1-7(11)5-10-6-9-4-3-8(2)12-9/h3-4,7,10-11H,5-6H2,1-2H3. The number of furan rings is 1. The average molecular weight is 169 g/mol. The lowest BCUT2D eigenvalue weighted by atomic mass is 10.4. The fourth-order valence-electron chi connectivity index (χ4n) is 0.984. The smallest absolute Gasteiger partial charge is 0.117 e. The molecule has 1 unspecified atom stereocenters. The fourth-order valence-corrected chi connectivity index (χ4v) is 0.984. The SMILES string of the molecule is Cc1ccc(CNCC(C)O)o1. The molecule has 1 aromatic heterocycles. The maximum atomic E-state index is 8.94. The van der Waals surface area contributed by atoms with Crippen molar-refractivity contribution in [1.29, 1.82) is 0 Å². The molecule has 0 fully saturated rings. The van der Waals surface area contributed by atoms with Crippen molar-refractivity contribution in [3.05, 3.63) is 23.7 Å². The molecule has 0 aliphatic heterocycles. The predicted octanol–water partition coefficient (Wildman–Crippen LogP) is 1.06. The Morgan fingerprint density at radius 2 is 2.33 bits per heavy atom. The van der Waals surface area contributed by atoms with E-state index >= 15 is 0 Å². The fraction of sp³-hybridized carbons (Fsp3) is 0.556. The van der Waals surface area contributed by atoms with E-state index in [1.165, 1.54) is 0 Å². The van der Waals surface area contributed by atoms with Crippen molar-refractivity contribution in [1.82, 2.24) is 5.32 Å². The summed E-state index contributed by atoms with van der Waals surface area (Å²) in [6, 6.07) is 3.86. The highest BCUT2D eigenvalue weighted by atomic mass is 16.3. The molecule has 12 heavy (non-hydrogen) atoms. The van der Waals surface area contributed by atoms with E-state index in [1.54, 1.807) is 6.92 Å². The van der Waals surface area contributed by atoms with Gasteiger partial charge in [-0.05, 0) is 26.0 Å². The van der Waals surface area contributed by atoms with Crippen LogP contribution in [0.3, 0.4) is 0 Å². The third kappa shape index (κ3) is 3.07. The van der Waals surface area contributed by atoms with E-state index in [-0.39, 0.29) is 6.10 Å². The van der Waals surface area contributed by atoms with E-state index in [1.807, 2.05) is 19.1 Å². The average Bonchev–Trinajstić information content (AvgIpc) is 2.35. The van der Waals surface area contributed by atoms with Crippen molar-refractivity contribution >= 4 is 0 Å². The van der Waals surface area contributed by atoms with Crippen LogP contribution in [0.25, 0.3) is 0 Å². The Labute approximate surface area is 72.4 Å². The van der Waals surface area contributed by atoms with Crippen LogP contribution in [0.4, 0.5) is 0 Å². The van der Waals surface area contributed by atoms with Crippen molar-refractivity contribution in [2.75, 3.05) is 6.54 Å². The molecule has 0 spiro atoms. The summed E-state index contributed by atoms with van der Waals surface area (Å²) in [4.78, 5) is 0. The van der Waals surface area contributed by atoms with Gasteiger partial charge in [0.25, 0.3) is 0 Å². The number of hydrogen-bond donors (Lipinski definition) is 2. The minimum atomic E-state index is -0.305. The summed E-state index contributed by atoms with van der Waals surface area (Å²) in [5.74, 6) is 1.83. The molecular weight excluding hydrogens is 154 g/mol. The first-order valence-electron chi connectivity index (χ1n) is 4.12. The minimum Gasteiger partial charge on any atom is -0.465 e. The molecule has 0 amide bonds. The van der Waals surface area contributed by atoms with Crippen molar-refractivity contribution in [3.63, 3.8) is 0 Å². The quantitative estimate of drug-likeness (QED) is 0.708. The zero-order valence-electron chi connectivity index (χ0n) is 7.50. The number of rotatable bonds is 4. The zero-order chi connectivity index (χ0) is 8.97. The number of nitrogens with one attached hydrogen (secondary N) is 1. The molecule has 0 aliphatic rings. The highest BCUT2D eigenvalue weighted by molar-refractivity contribution is 5.05. The lowest BCUT2D eigenvalue weighted by molar-refractivity contribution is 0.190. The lowest BCUT2D eigenvalue weighted by Gasteiger charge is -2.04. The molecule has 2 N–H and O–H groups in total. The minimum absolute atomic E-state index is 0.305. The third-order valence-electron chi connectivity index (χ3n) is 1.53. The van der Waals surface area contributed by atoms with E-state index < -0.39 is 0 Å². The third-order valence-corrected chi connectivity index (χ3v) is 1.53. The highest BCUT2D eigenvalue weighted by Crippen LogP contribution is 2.04. The molecule has 0 aliphatic carbocycles. The molecule has 1 atom stereocenters. The zero-order valence-corrected chi connectivity index (χ0v) is 7.50. The predicted molar refractivity (Wildman–Crippen MR) is 46.8 cm³/mol. The van der Waals surface area contributed by atoms with Crippen LogP contribution >= 0.6 is 0 Å². The van der Waals surface area contributed by atoms with Crippen LogP contribution in [0.1, 0.15) is 18.4 Å². The molecular formula is C9H15NO2. The van der Waals surface area contributed by atoms with Crippen LogP contribution in [-0.4, -0.2) is 17.8 Å². The monoisotopic (exact) mass is 169 g/mol. The van der Waals surface area contributed by atoms with Crippen LogP contribution in [0.5, 0.6) is 0 Å². The summed E-state index contributed by atoms with van der Waals surface area (Å²) < 4.78 is 5.32. The first kappa shape index (κ1) is 9.29. The Hall–Kier alpha value is -0.800. The normalized spacial score (nSPS) is 13.2. The molecule has 68 valence electrons. The van der Waals surface area contributed by atoms with Gasteiger partial charge < -0.3 is 14.8 Å². The van der Waals surface area contributed by atoms with Crippen LogP contribution in [0.2, 0.25) is 0 Å². The van der Waals surface area contributed by atoms with Crippen molar-refractivity contribution < 1.29 is 9.52 Å². The van der Waals surface area contributed by atoms with Crippen LogP contribution in [-0.2, 0) is 6.54 Å². The van der Waals surface area contributed by atoms with Gasteiger partial charge in [0.1, 0.15) is 11.5 Å². The second-order valence-corrected chi connectivity index (χ2v) is 2.99. The Kier molecular flexibility index (Phi) is 3.31. The first-order chi connectivity index (χ1) is 5.68. The van der Waals surface area contributed by atoms with Crippen molar-refractivity contribution in [2.45, 2.75) is 26.5 Å². The van der Waals surface area contributed by atoms with Crippen LogP contribution in [0.15, 0.2) is 16.5 Å². The van der Waals surface area contributed by atoms with Gasteiger partial charge in [0.05, 0.1) is 12.6 Å². The summed E-state index contributed by atoms with van der Waals surface area (Å²) in [7, 11) is 0. The Morgan fingerprint density at radius 3 is 2.83 bits per heavy atom. The van der Waals surface area contributed by atoms with Gasteiger partial charge in [-0.25, -0.2) is 0 Å². The van der Waals surface area contributed by atoms with E-state index in [0.29, 0.717) is 13.1 Å². The Balaban J connectivity index is 2.24. The van der Waals surface area contributed by atoms with Gasteiger partial charge >= 0.3 is 0 Å². The Morgan fingerprint density at radius 1 is 1.58 bits per heavy atom. The first-order valence-corrected chi connectivity index (χ1v) is 4.12. The second-order valence-electron chi connectivity index (χ2n) is 2.99. The number of aliphatic hydroxyl groups excluding tert-OH is 1. The summed E-state index contributed by atoms with van der Waals surface area (Å²) in [6.07, 6.45) is -0.305. The van der Waals surface area contributed by atoms with Crippen molar-refractivity contribution in [3.8, 4) is 0 Å². The van der Waals surface area contributed by atoms with Crippen LogP contribution in [0, 0.1) is 6.92 Å². The number of aryl methyl sites for hydroxylation is 1. The summed E-state index contributed by atoms with van der Waals surface area (Å²) in [6.45, 7) is 4.94. The largest absolute Gasteiger partial charge is 0.465 e. The molecule has 1 heterocycles. The van der Waals surface area contributed by atoms with E-state index in [9.17, 15) is 0 Å². The van der Waals surface area contributed by atoms with Gasteiger partial charge in [0.2, 0.25) is 0 Å². The summed E-state index contributed by atoms with van der Waals surface area (Å²) in [5.41, 5.74) is 0. The maximum Gasteiger partial charge on any atom is 0.117 e. The molecule has 0 bridgehead atoms. The molecule has 0 radical (unpaired) electrons. The van der Waals surface area contributed by atoms with E-state index in [0.717, 1.165) is 11.5 Å². The van der Waals surface area contributed by atoms with Gasteiger partial charge in [-0.3, -0.25) is 0 Å². The summed E-state index contributed by atoms with van der Waals surface area (Å²) >= 11 is 0. The van der Waals surface area contributed by atoms with E-state index in [2.05, 4.69) is 5.32 Å². The lowest BCUT2D eigenvalue weighted by Crippen LogP contribution is -2.23. The Bertz CT molecular complexity index is 230. The van der Waals surface area contributed by atoms with Gasteiger partial charge in [0.15, 0.2) is 0 Å². The van der Waals surface area contributed by atoms with Crippen LogP contribution < -0.4 is 5.32 Å². The van der Waals surface area contributed by atoms with Crippen molar-refractivity contribution in [2.24, 2.45) is 0 Å². The molecule has 1 aromatic rings. The highest BCUT2D eigenvalue weighted by Gasteiger charge is 1.98. The van der Waals surface area contributed by atoms with Gasteiger partial charge in [-0.2, -0.15) is 0 Å². The molecule has 0 saturated heterocycles. The number of hydrogen-bond acceptors (Lipinski definition) is 3. The molecule has 3 heteroatoms. The maximum absolute atomic E-state index is 8.94. The van der Waals surface area contributed by atoms with Gasteiger partial charge in [-0.15, -0.1) is 0 Å². The molecule has 0 saturated carbocycles.